The van der Waals surface area contributed by atoms with Gasteiger partial charge in [0, 0.05) is 11.1 Å². The molecule has 1 atom stereocenters. The van der Waals surface area contributed by atoms with Crippen LogP contribution in [-0.4, -0.2) is 7.11 Å². The van der Waals surface area contributed by atoms with E-state index in [0.717, 1.165) is 11.3 Å². The van der Waals surface area contributed by atoms with Crippen LogP contribution in [-0.2, 0) is 0 Å². The van der Waals surface area contributed by atoms with E-state index >= 15 is 0 Å². The van der Waals surface area contributed by atoms with Crippen molar-refractivity contribution in [3.05, 3.63) is 53.1 Å². The lowest BCUT2D eigenvalue weighted by atomic mass is 10.1. The molecule has 2 aromatic carbocycles. The first-order valence-electron chi connectivity index (χ1n) is 5.97. The van der Waals surface area contributed by atoms with E-state index in [-0.39, 0.29) is 6.04 Å². The quantitative estimate of drug-likeness (QED) is 0.912. The number of hydrogen-bond acceptors (Lipinski definition) is 3. The number of methoxy groups -OCH3 is 1. The topological polar surface area (TPSA) is 44.5 Å². The van der Waals surface area contributed by atoms with E-state index < -0.39 is 0 Å². The highest BCUT2D eigenvalue weighted by molar-refractivity contribution is 6.30. The van der Waals surface area contributed by atoms with Crippen molar-refractivity contribution in [1.29, 1.82) is 0 Å². The van der Waals surface area contributed by atoms with E-state index in [0.29, 0.717) is 16.5 Å². The van der Waals surface area contributed by atoms with Crippen molar-refractivity contribution in [1.82, 2.24) is 0 Å². The van der Waals surface area contributed by atoms with Gasteiger partial charge in [-0.1, -0.05) is 23.7 Å². The highest BCUT2D eigenvalue weighted by Gasteiger charge is 2.14. The van der Waals surface area contributed by atoms with Crippen LogP contribution in [0.2, 0.25) is 5.02 Å². The normalized spacial score (nSPS) is 12.0. The second-order valence-corrected chi connectivity index (χ2v) is 4.66. The Morgan fingerprint density at radius 3 is 2.42 bits per heavy atom. The van der Waals surface area contributed by atoms with Crippen molar-refractivity contribution in [3.8, 4) is 17.2 Å². The van der Waals surface area contributed by atoms with Gasteiger partial charge in [0.15, 0.2) is 0 Å². The molecule has 0 aliphatic heterocycles. The van der Waals surface area contributed by atoms with Crippen LogP contribution < -0.4 is 15.2 Å². The van der Waals surface area contributed by atoms with Gasteiger partial charge in [0.1, 0.15) is 17.2 Å². The summed E-state index contributed by atoms with van der Waals surface area (Å²) in [5.74, 6) is 2.06. The van der Waals surface area contributed by atoms with Crippen LogP contribution in [0.15, 0.2) is 42.5 Å². The second kappa shape index (κ2) is 5.95. The fraction of sp³-hybridized carbons (Fsp3) is 0.200. The van der Waals surface area contributed by atoms with Gasteiger partial charge in [0.2, 0.25) is 0 Å². The largest absolute Gasteiger partial charge is 0.496 e. The predicted molar refractivity (Wildman–Crippen MR) is 77.1 cm³/mol. The molecule has 0 aliphatic rings. The van der Waals surface area contributed by atoms with Gasteiger partial charge in [-0.05, 0) is 37.3 Å². The monoisotopic (exact) mass is 277 g/mol. The molecule has 0 radical (unpaired) electrons. The first-order chi connectivity index (χ1) is 9.11. The van der Waals surface area contributed by atoms with Gasteiger partial charge < -0.3 is 15.2 Å². The number of nitrogens with two attached hydrogens (primary N) is 1. The summed E-state index contributed by atoms with van der Waals surface area (Å²) in [4.78, 5) is 0. The average Bonchev–Trinajstić information content (AvgIpc) is 2.38. The fourth-order valence-electron chi connectivity index (χ4n) is 1.90. The molecule has 0 bridgehead atoms. The summed E-state index contributed by atoms with van der Waals surface area (Å²) in [5.41, 5.74) is 6.83. The van der Waals surface area contributed by atoms with Crippen LogP contribution in [0, 0.1) is 0 Å². The summed E-state index contributed by atoms with van der Waals surface area (Å²) in [6.07, 6.45) is 0. The summed E-state index contributed by atoms with van der Waals surface area (Å²) < 4.78 is 11.2. The molecule has 2 aromatic rings. The third-order valence-electron chi connectivity index (χ3n) is 2.73. The first-order valence-corrected chi connectivity index (χ1v) is 6.35. The van der Waals surface area contributed by atoms with E-state index in [2.05, 4.69) is 0 Å². The maximum atomic E-state index is 5.99. The smallest absolute Gasteiger partial charge is 0.135 e. The molecule has 0 saturated heterocycles. The average molecular weight is 278 g/mol. The van der Waals surface area contributed by atoms with E-state index in [1.165, 1.54) is 0 Å². The van der Waals surface area contributed by atoms with E-state index in [4.69, 9.17) is 26.8 Å². The lowest BCUT2D eigenvalue weighted by molar-refractivity contribution is 0.397. The molecule has 19 heavy (non-hydrogen) atoms. The molecule has 2 N–H and O–H groups in total. The van der Waals surface area contributed by atoms with Gasteiger partial charge in [0.25, 0.3) is 0 Å². The Bertz CT molecular complexity index is 570. The molecular weight excluding hydrogens is 262 g/mol. The molecule has 2 rings (SSSR count). The Morgan fingerprint density at radius 2 is 1.79 bits per heavy atom. The predicted octanol–water partition coefficient (Wildman–Crippen LogP) is 4.16. The Kier molecular flexibility index (Phi) is 4.30. The summed E-state index contributed by atoms with van der Waals surface area (Å²) in [7, 11) is 1.62. The Labute approximate surface area is 117 Å². The maximum Gasteiger partial charge on any atom is 0.135 e. The van der Waals surface area contributed by atoms with Gasteiger partial charge in [0.05, 0.1) is 12.7 Å². The first kappa shape index (κ1) is 13.7. The number of halogens is 1. The number of hydrogen-bond donors (Lipinski definition) is 1. The molecule has 3 nitrogen and oxygen atoms in total. The molecule has 0 aromatic heterocycles. The molecule has 0 heterocycles. The van der Waals surface area contributed by atoms with Gasteiger partial charge in [-0.3, -0.25) is 0 Å². The molecule has 0 saturated carbocycles. The van der Waals surface area contributed by atoms with Gasteiger partial charge >= 0.3 is 0 Å². The van der Waals surface area contributed by atoms with Gasteiger partial charge in [-0.25, -0.2) is 0 Å². The Morgan fingerprint density at radius 1 is 1.11 bits per heavy atom. The standard InChI is InChI=1S/C15H16ClNO2/c1-10(17)15-13(18-2)7-4-8-14(15)19-12-6-3-5-11(16)9-12/h3-10H,17H2,1-2H3/t10-/m0/s1. The van der Waals surface area contributed by atoms with Crippen LogP contribution in [0.4, 0.5) is 0 Å². The van der Waals surface area contributed by atoms with Crippen LogP contribution >= 0.6 is 11.6 Å². The van der Waals surface area contributed by atoms with Crippen molar-refractivity contribution in [2.45, 2.75) is 13.0 Å². The summed E-state index contributed by atoms with van der Waals surface area (Å²) in [5, 5.41) is 0.628. The Hall–Kier alpha value is -1.71. The van der Waals surface area contributed by atoms with E-state index in [1.807, 2.05) is 37.3 Å². The molecule has 0 aliphatic carbocycles. The zero-order valence-corrected chi connectivity index (χ0v) is 11.6. The third-order valence-corrected chi connectivity index (χ3v) is 2.96. The zero-order valence-electron chi connectivity index (χ0n) is 10.9. The third kappa shape index (κ3) is 3.19. The number of benzene rings is 2. The minimum atomic E-state index is -0.190. The van der Waals surface area contributed by atoms with Crippen LogP contribution in [0.5, 0.6) is 17.2 Å². The minimum Gasteiger partial charge on any atom is -0.496 e. The number of rotatable bonds is 4. The van der Waals surface area contributed by atoms with Crippen LogP contribution in [0.3, 0.4) is 0 Å². The Balaban J connectivity index is 2.39. The minimum absolute atomic E-state index is 0.190. The summed E-state index contributed by atoms with van der Waals surface area (Å²) in [6.45, 7) is 1.89. The van der Waals surface area contributed by atoms with Crippen LogP contribution in [0.25, 0.3) is 0 Å². The fourth-order valence-corrected chi connectivity index (χ4v) is 2.08. The maximum absolute atomic E-state index is 5.99. The SMILES string of the molecule is COc1cccc(Oc2cccc(Cl)c2)c1[C@H](C)N. The molecule has 0 amide bonds. The van der Waals surface area contributed by atoms with Crippen molar-refractivity contribution >= 4 is 11.6 Å². The van der Waals surface area contributed by atoms with E-state index in [9.17, 15) is 0 Å². The molecule has 100 valence electrons. The summed E-state index contributed by atoms with van der Waals surface area (Å²) >= 11 is 5.94. The lowest BCUT2D eigenvalue weighted by Crippen LogP contribution is -2.08. The molecule has 4 heteroatoms. The zero-order chi connectivity index (χ0) is 13.8. The molecular formula is C15H16ClNO2. The van der Waals surface area contributed by atoms with Crippen molar-refractivity contribution in [2.24, 2.45) is 5.73 Å². The van der Waals surface area contributed by atoms with Crippen molar-refractivity contribution < 1.29 is 9.47 Å². The second-order valence-electron chi connectivity index (χ2n) is 4.22. The van der Waals surface area contributed by atoms with Gasteiger partial charge in [-0.15, -0.1) is 0 Å². The number of ether oxygens (including phenoxy) is 2. The van der Waals surface area contributed by atoms with Crippen LogP contribution in [0.1, 0.15) is 18.5 Å². The van der Waals surface area contributed by atoms with Gasteiger partial charge in [-0.2, -0.15) is 0 Å². The lowest BCUT2D eigenvalue weighted by Gasteiger charge is -2.17. The van der Waals surface area contributed by atoms with Crippen molar-refractivity contribution in [2.75, 3.05) is 7.11 Å². The molecule has 0 spiro atoms. The van der Waals surface area contributed by atoms with E-state index in [1.54, 1.807) is 19.2 Å². The highest BCUT2D eigenvalue weighted by Crippen LogP contribution is 2.35. The van der Waals surface area contributed by atoms with Crippen molar-refractivity contribution in [3.63, 3.8) is 0 Å². The molecule has 0 fully saturated rings. The molecule has 0 unspecified atom stereocenters. The summed E-state index contributed by atoms with van der Waals surface area (Å²) in [6, 6.07) is 12.6. The highest BCUT2D eigenvalue weighted by atomic mass is 35.5.